The molecule has 2 aliphatic rings. The Labute approximate surface area is 211 Å². The maximum absolute atomic E-state index is 13.6. The lowest BCUT2D eigenvalue weighted by Crippen LogP contribution is -2.46. The van der Waals surface area contributed by atoms with Crippen LogP contribution in [0.2, 0.25) is 5.02 Å². The van der Waals surface area contributed by atoms with Gasteiger partial charge in [-0.1, -0.05) is 35.9 Å². The molecule has 0 bridgehead atoms. The second kappa shape index (κ2) is 9.41. The number of hydrogen-bond donors (Lipinski definition) is 0. The molecule has 0 saturated carbocycles. The Bertz CT molecular complexity index is 1420. The number of carbonyl (C=O) groups excluding carboxylic acids is 2. The van der Waals surface area contributed by atoms with Crippen molar-refractivity contribution in [2.75, 3.05) is 6.61 Å². The number of aliphatic imine (C=N–C) groups is 1. The highest BCUT2D eigenvalue weighted by Gasteiger charge is 2.42. The summed E-state index contributed by atoms with van der Waals surface area (Å²) < 4.78 is 35.4. The molecular formula is C25H22ClN2O7P. The van der Waals surface area contributed by atoms with Crippen molar-refractivity contribution in [2.24, 2.45) is 10.9 Å². The second-order valence-corrected chi connectivity index (χ2v) is 11.2. The van der Waals surface area contributed by atoms with Gasteiger partial charge in [-0.15, -0.1) is 0 Å². The largest absolute Gasteiger partial charge is 0.422 e. The van der Waals surface area contributed by atoms with E-state index in [4.69, 9.17) is 30.1 Å². The quantitative estimate of drug-likeness (QED) is 0.200. The molecule has 0 aliphatic carbocycles. The van der Waals surface area contributed by atoms with Crippen LogP contribution in [0.4, 0.5) is 5.69 Å². The maximum Gasteiger partial charge on any atom is 0.363 e. The predicted octanol–water partition coefficient (Wildman–Crippen LogP) is 5.04. The van der Waals surface area contributed by atoms with Gasteiger partial charge in [-0.05, 0) is 29.8 Å². The molecular weight excluding hydrogens is 507 g/mol. The molecule has 36 heavy (non-hydrogen) atoms. The number of nitrogens with zero attached hydrogens (tertiary/aromatic N) is 2. The fraction of sp³-hybridized carbons (Fsp3) is 0.280. The standard InChI is InChI=1S/C25H22ClN2O7P/c1-25(2)33-23(29)19(24(30)34-25)14-27-20-8-4-6-16-12-18(13-28-22(16)20)36(31)32-10-9-21(35-36)15-5-3-7-17(26)11-15/h3-8,11-14,19,21H,9-10H2,1-2H3/t21-,36?/m0/s1. The first-order chi connectivity index (χ1) is 17.1. The summed E-state index contributed by atoms with van der Waals surface area (Å²) in [5.41, 5.74) is 1.70. The number of fused-ring (bicyclic) bond motifs is 1. The molecule has 2 aliphatic heterocycles. The van der Waals surface area contributed by atoms with Crippen molar-refractivity contribution < 1.29 is 32.7 Å². The van der Waals surface area contributed by atoms with Crippen molar-refractivity contribution in [2.45, 2.75) is 32.2 Å². The molecule has 0 N–H and O–H groups in total. The number of cyclic esters (lactones) is 2. The number of benzene rings is 2. The molecule has 1 unspecified atom stereocenters. The molecule has 9 nitrogen and oxygen atoms in total. The molecule has 3 heterocycles. The van der Waals surface area contributed by atoms with Crippen LogP contribution in [0.5, 0.6) is 0 Å². The van der Waals surface area contributed by atoms with Crippen molar-refractivity contribution >= 4 is 59.2 Å². The van der Waals surface area contributed by atoms with E-state index in [1.54, 1.807) is 36.4 Å². The molecule has 0 spiro atoms. The number of carbonyl (C=O) groups is 2. The summed E-state index contributed by atoms with van der Waals surface area (Å²) in [4.78, 5) is 33.2. The van der Waals surface area contributed by atoms with Gasteiger partial charge in [0.15, 0.2) is 5.92 Å². The molecule has 3 aromatic rings. The number of para-hydroxylation sites is 1. The van der Waals surface area contributed by atoms with Crippen molar-refractivity contribution in [1.82, 2.24) is 4.98 Å². The lowest BCUT2D eigenvalue weighted by Gasteiger charge is -2.31. The third-order valence-corrected chi connectivity index (χ3v) is 7.85. The number of rotatable bonds is 4. The van der Waals surface area contributed by atoms with Crippen LogP contribution in [0, 0.1) is 5.92 Å². The van der Waals surface area contributed by atoms with E-state index in [-0.39, 0.29) is 6.61 Å². The van der Waals surface area contributed by atoms with Crippen LogP contribution in [0.1, 0.15) is 31.9 Å². The molecule has 2 aromatic carbocycles. The van der Waals surface area contributed by atoms with Gasteiger partial charge in [-0.25, -0.2) is 0 Å². The first kappa shape index (κ1) is 24.6. The lowest BCUT2D eigenvalue weighted by molar-refractivity contribution is -0.235. The molecule has 0 amide bonds. The number of aromatic nitrogens is 1. The Kier molecular flexibility index (Phi) is 6.43. The Morgan fingerprint density at radius 1 is 1.11 bits per heavy atom. The summed E-state index contributed by atoms with van der Waals surface area (Å²) in [6.45, 7) is 3.21. The maximum atomic E-state index is 13.6. The molecule has 11 heteroatoms. The fourth-order valence-electron chi connectivity index (χ4n) is 3.99. The van der Waals surface area contributed by atoms with E-state index in [1.165, 1.54) is 26.3 Å². The van der Waals surface area contributed by atoms with E-state index < -0.39 is 37.3 Å². The SMILES string of the molecule is CC1(C)OC(=O)C(C=Nc2cccc3cc(P4(=O)OCC[C@@H](c5cccc(Cl)c5)O4)cnc23)C(=O)O1. The molecule has 2 saturated heterocycles. The van der Waals surface area contributed by atoms with Gasteiger partial charge < -0.3 is 14.0 Å². The lowest BCUT2D eigenvalue weighted by atomic mass is 10.1. The zero-order valence-corrected chi connectivity index (χ0v) is 21.1. The van der Waals surface area contributed by atoms with Gasteiger partial charge in [0, 0.05) is 43.1 Å². The summed E-state index contributed by atoms with van der Waals surface area (Å²) >= 11 is 6.11. The zero-order chi connectivity index (χ0) is 25.5. The number of ether oxygens (including phenoxy) is 2. The molecule has 0 radical (unpaired) electrons. The zero-order valence-electron chi connectivity index (χ0n) is 19.4. The smallest absolute Gasteiger partial charge is 0.363 e. The van der Waals surface area contributed by atoms with Gasteiger partial charge in [-0.3, -0.25) is 28.7 Å². The topological polar surface area (TPSA) is 113 Å². The van der Waals surface area contributed by atoms with Crippen LogP contribution in [-0.2, 0) is 32.7 Å². The van der Waals surface area contributed by atoms with Gasteiger partial charge in [0.1, 0.15) is 0 Å². The fourth-order valence-corrected chi connectivity index (χ4v) is 5.93. The predicted molar refractivity (Wildman–Crippen MR) is 133 cm³/mol. The first-order valence-electron chi connectivity index (χ1n) is 11.2. The van der Waals surface area contributed by atoms with Crippen LogP contribution in [-0.4, -0.2) is 35.5 Å². The molecule has 2 atom stereocenters. The van der Waals surface area contributed by atoms with Gasteiger partial charge in [0.25, 0.3) is 5.79 Å². The minimum Gasteiger partial charge on any atom is -0.422 e. The number of esters is 2. The van der Waals surface area contributed by atoms with Gasteiger partial charge in [0.05, 0.1) is 29.2 Å². The average molecular weight is 529 g/mol. The summed E-state index contributed by atoms with van der Waals surface area (Å²) in [5.74, 6) is -4.08. The van der Waals surface area contributed by atoms with Gasteiger partial charge in [0.2, 0.25) is 0 Å². The van der Waals surface area contributed by atoms with Crippen LogP contribution < -0.4 is 5.30 Å². The van der Waals surface area contributed by atoms with Gasteiger partial charge in [-0.2, -0.15) is 0 Å². The minimum atomic E-state index is -3.65. The summed E-state index contributed by atoms with van der Waals surface area (Å²) in [5, 5.41) is 1.50. The molecule has 186 valence electrons. The number of hydrogen-bond acceptors (Lipinski definition) is 9. The van der Waals surface area contributed by atoms with Crippen LogP contribution in [0.3, 0.4) is 0 Å². The van der Waals surface area contributed by atoms with E-state index >= 15 is 0 Å². The monoisotopic (exact) mass is 528 g/mol. The third-order valence-electron chi connectivity index (χ3n) is 5.68. The van der Waals surface area contributed by atoms with Crippen molar-refractivity contribution in [3.8, 4) is 0 Å². The van der Waals surface area contributed by atoms with Crippen molar-refractivity contribution in [3.05, 3.63) is 65.3 Å². The minimum absolute atomic E-state index is 0.251. The Balaban J connectivity index is 1.41. The summed E-state index contributed by atoms with van der Waals surface area (Å²) in [6, 6.07) is 14.1. The highest BCUT2D eigenvalue weighted by Crippen LogP contribution is 2.55. The number of pyridine rings is 1. The van der Waals surface area contributed by atoms with Crippen LogP contribution in [0.25, 0.3) is 10.9 Å². The second-order valence-electron chi connectivity index (χ2n) is 8.81. The van der Waals surface area contributed by atoms with Gasteiger partial charge >= 0.3 is 19.5 Å². The highest BCUT2D eigenvalue weighted by molar-refractivity contribution is 7.62. The van der Waals surface area contributed by atoms with E-state index in [0.29, 0.717) is 33.3 Å². The normalized spacial score (nSPS) is 24.6. The summed E-state index contributed by atoms with van der Waals surface area (Å²) in [7, 11) is -3.65. The Morgan fingerprint density at radius 3 is 2.61 bits per heavy atom. The average Bonchev–Trinajstić information content (AvgIpc) is 2.82. The Morgan fingerprint density at radius 2 is 1.86 bits per heavy atom. The Hall–Kier alpha value is -3.10. The van der Waals surface area contributed by atoms with Crippen molar-refractivity contribution in [3.63, 3.8) is 0 Å². The van der Waals surface area contributed by atoms with E-state index in [1.807, 2.05) is 12.1 Å². The molecule has 2 fully saturated rings. The molecule has 5 rings (SSSR count). The third kappa shape index (κ3) is 4.92. The van der Waals surface area contributed by atoms with E-state index in [0.717, 1.165) is 5.56 Å². The van der Waals surface area contributed by atoms with E-state index in [2.05, 4.69) is 9.98 Å². The van der Waals surface area contributed by atoms with E-state index in [9.17, 15) is 14.2 Å². The van der Waals surface area contributed by atoms with Crippen LogP contribution in [0.15, 0.2) is 59.7 Å². The highest BCUT2D eigenvalue weighted by atomic mass is 35.5. The van der Waals surface area contributed by atoms with Crippen molar-refractivity contribution in [1.29, 1.82) is 0 Å². The first-order valence-corrected chi connectivity index (χ1v) is 13.1. The van der Waals surface area contributed by atoms with Crippen LogP contribution >= 0.6 is 19.2 Å². The summed E-state index contributed by atoms with van der Waals surface area (Å²) in [6.07, 6.45) is 2.70. The number of halogens is 1. The molecule has 1 aromatic heterocycles.